The molecular formula is C65H126O6. The average Bonchev–Trinajstić information content (AvgIpc) is 3.36. The molecular weight excluding hydrogens is 877 g/mol. The summed E-state index contributed by atoms with van der Waals surface area (Å²) in [5.74, 6) is 0.915. The van der Waals surface area contributed by atoms with Crippen LogP contribution in [0, 0.1) is 11.8 Å². The van der Waals surface area contributed by atoms with Gasteiger partial charge in [-0.25, -0.2) is 0 Å². The predicted octanol–water partition coefficient (Wildman–Crippen LogP) is 21.6. The highest BCUT2D eigenvalue weighted by Gasteiger charge is 2.19. The maximum atomic E-state index is 12.9. The van der Waals surface area contributed by atoms with E-state index in [1.54, 1.807) is 0 Å². The molecule has 0 radical (unpaired) electrons. The van der Waals surface area contributed by atoms with Gasteiger partial charge in [-0.3, -0.25) is 14.4 Å². The zero-order chi connectivity index (χ0) is 51.8. The SMILES string of the molecule is CCCCCCCCCCCCCCCCCCCC(=O)O[C@H](COC(=O)CCCCCCCCCCCCCCCCCC(C)C)COC(=O)CCCCCCCCCCCCCCCCC(C)CC. The summed E-state index contributed by atoms with van der Waals surface area (Å²) in [6, 6.07) is 0. The molecule has 0 aliphatic carbocycles. The van der Waals surface area contributed by atoms with Crippen LogP contribution in [0.15, 0.2) is 0 Å². The highest BCUT2D eigenvalue weighted by molar-refractivity contribution is 5.71. The van der Waals surface area contributed by atoms with Crippen LogP contribution in [0.1, 0.15) is 369 Å². The second-order valence-electron chi connectivity index (χ2n) is 23.1. The van der Waals surface area contributed by atoms with E-state index in [-0.39, 0.29) is 31.1 Å². The lowest BCUT2D eigenvalue weighted by molar-refractivity contribution is -0.167. The van der Waals surface area contributed by atoms with Crippen LogP contribution in [-0.2, 0) is 28.6 Å². The first-order valence-electron chi connectivity index (χ1n) is 32.3. The third-order valence-electron chi connectivity index (χ3n) is 15.3. The number of unbranched alkanes of at least 4 members (excludes halogenated alkanes) is 43. The van der Waals surface area contributed by atoms with Crippen molar-refractivity contribution in [2.45, 2.75) is 375 Å². The minimum atomic E-state index is -0.764. The highest BCUT2D eigenvalue weighted by atomic mass is 16.6. The first-order chi connectivity index (χ1) is 34.8. The van der Waals surface area contributed by atoms with E-state index in [1.807, 2.05) is 0 Å². The fourth-order valence-electron chi connectivity index (χ4n) is 10.1. The van der Waals surface area contributed by atoms with E-state index in [9.17, 15) is 14.4 Å². The molecule has 0 aromatic heterocycles. The molecule has 0 saturated carbocycles. The summed E-state index contributed by atoms with van der Waals surface area (Å²) in [5.41, 5.74) is 0. The fraction of sp³-hybridized carbons (Fsp3) is 0.954. The quantitative estimate of drug-likeness (QED) is 0.0343. The molecule has 71 heavy (non-hydrogen) atoms. The van der Waals surface area contributed by atoms with Crippen molar-refractivity contribution in [2.75, 3.05) is 13.2 Å². The molecule has 0 aliphatic heterocycles. The zero-order valence-electron chi connectivity index (χ0n) is 48.9. The average molecular weight is 1000 g/mol. The lowest BCUT2D eigenvalue weighted by Gasteiger charge is -2.18. The van der Waals surface area contributed by atoms with E-state index in [4.69, 9.17) is 14.2 Å². The molecule has 0 spiro atoms. The Morgan fingerprint density at radius 1 is 0.296 bits per heavy atom. The Labute approximate surface area is 444 Å². The van der Waals surface area contributed by atoms with Crippen LogP contribution in [0.25, 0.3) is 0 Å². The van der Waals surface area contributed by atoms with Gasteiger partial charge >= 0.3 is 17.9 Å². The van der Waals surface area contributed by atoms with Crippen molar-refractivity contribution < 1.29 is 28.6 Å². The van der Waals surface area contributed by atoms with Gasteiger partial charge in [0.15, 0.2) is 6.10 Å². The molecule has 0 fully saturated rings. The van der Waals surface area contributed by atoms with Crippen molar-refractivity contribution in [3.8, 4) is 0 Å². The van der Waals surface area contributed by atoms with Gasteiger partial charge in [0.25, 0.3) is 0 Å². The third-order valence-corrected chi connectivity index (χ3v) is 15.3. The molecule has 2 atom stereocenters. The summed E-state index contributed by atoms with van der Waals surface area (Å²) >= 11 is 0. The van der Waals surface area contributed by atoms with E-state index in [0.717, 1.165) is 69.6 Å². The van der Waals surface area contributed by atoms with Crippen LogP contribution in [-0.4, -0.2) is 37.2 Å². The zero-order valence-corrected chi connectivity index (χ0v) is 48.9. The molecule has 0 bridgehead atoms. The maximum Gasteiger partial charge on any atom is 0.306 e. The summed E-state index contributed by atoms with van der Waals surface area (Å²) < 4.78 is 17.0. The Kier molecular flexibility index (Phi) is 56.4. The van der Waals surface area contributed by atoms with E-state index in [2.05, 4.69) is 34.6 Å². The third kappa shape index (κ3) is 57.5. The summed E-state index contributed by atoms with van der Waals surface area (Å²) in [5, 5.41) is 0. The second-order valence-corrected chi connectivity index (χ2v) is 23.1. The Balaban J connectivity index is 4.29. The number of carbonyl (C=O) groups is 3. The standard InChI is InChI=1S/C65H126O6/c1-6-8-9-10-11-12-13-14-15-16-19-27-32-37-42-47-52-57-65(68)71-62(58-69-63(66)55-50-45-40-35-30-25-20-17-18-23-28-33-38-43-48-53-60(3)4)59-70-64(67)56-51-46-41-36-31-26-22-21-24-29-34-39-44-49-54-61(5)7-2/h60-62H,6-59H2,1-5H3/t61?,62-/m1/s1. The van der Waals surface area contributed by atoms with Crippen molar-refractivity contribution >= 4 is 17.9 Å². The van der Waals surface area contributed by atoms with Gasteiger partial charge in [-0.15, -0.1) is 0 Å². The van der Waals surface area contributed by atoms with Gasteiger partial charge in [-0.1, -0.05) is 330 Å². The Morgan fingerprint density at radius 3 is 0.803 bits per heavy atom. The lowest BCUT2D eigenvalue weighted by atomic mass is 9.99. The van der Waals surface area contributed by atoms with Crippen molar-refractivity contribution in [2.24, 2.45) is 11.8 Å². The molecule has 0 aromatic carbocycles. The Hall–Kier alpha value is -1.59. The summed E-state index contributed by atoms with van der Waals surface area (Å²) in [7, 11) is 0. The number of rotatable bonds is 59. The highest BCUT2D eigenvalue weighted by Crippen LogP contribution is 2.19. The molecule has 0 aliphatic rings. The maximum absolute atomic E-state index is 12.9. The van der Waals surface area contributed by atoms with Crippen molar-refractivity contribution in [3.05, 3.63) is 0 Å². The smallest absolute Gasteiger partial charge is 0.306 e. The van der Waals surface area contributed by atoms with Crippen LogP contribution in [0.2, 0.25) is 0 Å². The molecule has 422 valence electrons. The fourth-order valence-corrected chi connectivity index (χ4v) is 10.1. The van der Waals surface area contributed by atoms with Gasteiger partial charge in [0, 0.05) is 19.3 Å². The Bertz CT molecular complexity index is 1090. The van der Waals surface area contributed by atoms with Crippen LogP contribution in [0.4, 0.5) is 0 Å². The largest absolute Gasteiger partial charge is 0.462 e. The van der Waals surface area contributed by atoms with Crippen LogP contribution < -0.4 is 0 Å². The van der Waals surface area contributed by atoms with Crippen molar-refractivity contribution in [3.63, 3.8) is 0 Å². The van der Waals surface area contributed by atoms with E-state index < -0.39 is 6.10 Å². The summed E-state index contributed by atoms with van der Waals surface area (Å²) in [6.07, 6.45) is 63.8. The molecule has 0 aromatic rings. The molecule has 6 nitrogen and oxygen atoms in total. The number of ether oxygens (including phenoxy) is 3. The van der Waals surface area contributed by atoms with Crippen molar-refractivity contribution in [1.29, 1.82) is 0 Å². The molecule has 1 unspecified atom stereocenters. The monoisotopic (exact) mass is 1000 g/mol. The molecule has 6 heteroatoms. The van der Waals surface area contributed by atoms with E-state index >= 15 is 0 Å². The summed E-state index contributed by atoms with van der Waals surface area (Å²) in [6.45, 7) is 11.5. The van der Waals surface area contributed by atoms with Gasteiger partial charge < -0.3 is 14.2 Å². The lowest BCUT2D eigenvalue weighted by Crippen LogP contribution is -2.30. The van der Waals surface area contributed by atoms with Crippen LogP contribution in [0.5, 0.6) is 0 Å². The first kappa shape index (κ1) is 69.4. The molecule has 0 rings (SSSR count). The topological polar surface area (TPSA) is 78.9 Å². The Morgan fingerprint density at radius 2 is 0.535 bits per heavy atom. The normalized spacial score (nSPS) is 12.4. The van der Waals surface area contributed by atoms with Gasteiger partial charge in [0.1, 0.15) is 13.2 Å². The van der Waals surface area contributed by atoms with Gasteiger partial charge in [-0.05, 0) is 31.1 Å². The van der Waals surface area contributed by atoms with Crippen molar-refractivity contribution in [1.82, 2.24) is 0 Å². The number of esters is 3. The molecule has 0 N–H and O–H groups in total. The second kappa shape index (κ2) is 57.7. The molecule has 0 amide bonds. The number of hydrogen-bond acceptors (Lipinski definition) is 6. The minimum Gasteiger partial charge on any atom is -0.462 e. The first-order valence-corrected chi connectivity index (χ1v) is 32.3. The van der Waals surface area contributed by atoms with Crippen LogP contribution in [0.3, 0.4) is 0 Å². The van der Waals surface area contributed by atoms with Gasteiger partial charge in [-0.2, -0.15) is 0 Å². The van der Waals surface area contributed by atoms with E-state index in [1.165, 1.54) is 257 Å². The van der Waals surface area contributed by atoms with Gasteiger partial charge in [0.05, 0.1) is 0 Å². The predicted molar refractivity (Wildman–Crippen MR) is 307 cm³/mol. The number of carbonyl (C=O) groups excluding carboxylic acids is 3. The molecule has 0 saturated heterocycles. The summed E-state index contributed by atoms with van der Waals surface area (Å²) in [4.78, 5) is 38.3. The van der Waals surface area contributed by atoms with E-state index in [0.29, 0.717) is 19.3 Å². The molecule has 0 heterocycles. The van der Waals surface area contributed by atoms with Gasteiger partial charge in [0.2, 0.25) is 0 Å². The van der Waals surface area contributed by atoms with Crippen LogP contribution >= 0.6 is 0 Å². The number of hydrogen-bond donors (Lipinski definition) is 0. The minimum absolute atomic E-state index is 0.0618.